The van der Waals surface area contributed by atoms with E-state index in [0.717, 1.165) is 11.8 Å². The van der Waals surface area contributed by atoms with Gasteiger partial charge in [0.05, 0.1) is 11.1 Å². The van der Waals surface area contributed by atoms with Crippen molar-refractivity contribution in [2.45, 2.75) is 38.0 Å². The molecule has 0 heterocycles. The van der Waals surface area contributed by atoms with Crippen molar-refractivity contribution in [2.24, 2.45) is 0 Å². The molecule has 0 fully saturated rings. The fraction of sp³-hybridized carbons (Fsp3) is 0.500. The van der Waals surface area contributed by atoms with E-state index in [9.17, 15) is 31.1 Å². The monoisotopic (exact) mass is 390 g/mol. The summed E-state index contributed by atoms with van der Waals surface area (Å²) >= 11 is 3.19. The molecular formula is C14H13BrF6O. The van der Waals surface area contributed by atoms with Crippen molar-refractivity contribution < 1.29 is 31.1 Å². The highest BCUT2D eigenvalue weighted by atomic mass is 79.9. The van der Waals surface area contributed by atoms with E-state index in [1.54, 1.807) is 0 Å². The summed E-state index contributed by atoms with van der Waals surface area (Å²) in [6.45, 7) is 0. The fourth-order valence-electron chi connectivity index (χ4n) is 1.89. The molecule has 0 N–H and O–H groups in total. The quantitative estimate of drug-likeness (QED) is 0.257. The summed E-state index contributed by atoms with van der Waals surface area (Å²) in [6, 6.07) is 1.10. The lowest BCUT2D eigenvalue weighted by molar-refractivity contribution is -0.143. The third-order valence-corrected chi connectivity index (χ3v) is 3.55. The molecule has 0 unspecified atom stereocenters. The molecule has 0 aliphatic carbocycles. The Bertz CT molecular complexity index is 521. The molecule has 8 heteroatoms. The van der Waals surface area contributed by atoms with E-state index >= 15 is 0 Å². The van der Waals surface area contributed by atoms with Crippen LogP contribution in [-0.4, -0.2) is 11.1 Å². The minimum atomic E-state index is -5.01. The van der Waals surface area contributed by atoms with Crippen LogP contribution in [0.15, 0.2) is 18.2 Å². The van der Waals surface area contributed by atoms with Crippen LogP contribution in [-0.2, 0) is 12.4 Å². The van der Waals surface area contributed by atoms with Crippen LogP contribution in [0.4, 0.5) is 26.3 Å². The van der Waals surface area contributed by atoms with E-state index in [1.807, 2.05) is 0 Å². The first-order valence-corrected chi connectivity index (χ1v) is 7.57. The zero-order valence-corrected chi connectivity index (χ0v) is 12.9. The summed E-state index contributed by atoms with van der Waals surface area (Å²) in [5.74, 6) is -0.796. The molecule has 0 amide bonds. The first kappa shape index (κ1) is 19.0. The van der Waals surface area contributed by atoms with Gasteiger partial charge in [-0.05, 0) is 25.0 Å². The Hall–Kier alpha value is -1.05. The summed E-state index contributed by atoms with van der Waals surface area (Å²) in [7, 11) is 0. The standard InChI is InChI=1S/C14H13BrF6O/c15-7-3-1-2-4-12(22)10-6-5-9(13(16,17)18)8-11(10)14(19,20)21/h5-6,8H,1-4,7H2. The zero-order valence-electron chi connectivity index (χ0n) is 11.3. The second kappa shape index (κ2) is 7.48. The molecule has 0 spiro atoms. The van der Waals surface area contributed by atoms with Crippen molar-refractivity contribution in [3.8, 4) is 0 Å². The van der Waals surface area contributed by atoms with Gasteiger partial charge in [-0.15, -0.1) is 0 Å². The van der Waals surface area contributed by atoms with Gasteiger partial charge in [-0.2, -0.15) is 26.3 Å². The number of Topliss-reactive ketones (excluding diaryl/α,β-unsaturated/α-hetero) is 1. The predicted octanol–water partition coefficient (Wildman–Crippen LogP) is 5.86. The third-order valence-electron chi connectivity index (χ3n) is 2.99. The smallest absolute Gasteiger partial charge is 0.294 e. The largest absolute Gasteiger partial charge is 0.417 e. The number of hydrogen-bond acceptors (Lipinski definition) is 1. The van der Waals surface area contributed by atoms with Crippen molar-refractivity contribution in [3.63, 3.8) is 0 Å². The van der Waals surface area contributed by atoms with Crippen LogP contribution in [0.1, 0.15) is 47.2 Å². The molecule has 124 valence electrons. The van der Waals surface area contributed by atoms with Gasteiger partial charge in [0.15, 0.2) is 5.78 Å². The average molecular weight is 391 g/mol. The van der Waals surface area contributed by atoms with Crippen LogP contribution >= 0.6 is 15.9 Å². The second-order valence-electron chi connectivity index (χ2n) is 4.68. The van der Waals surface area contributed by atoms with E-state index in [4.69, 9.17) is 0 Å². The second-order valence-corrected chi connectivity index (χ2v) is 5.47. The average Bonchev–Trinajstić information content (AvgIpc) is 2.40. The Labute approximate surface area is 131 Å². The first-order chi connectivity index (χ1) is 10.1. The van der Waals surface area contributed by atoms with Crippen LogP contribution in [0.3, 0.4) is 0 Å². The predicted molar refractivity (Wildman–Crippen MR) is 73.0 cm³/mol. The number of ketones is 1. The van der Waals surface area contributed by atoms with Crippen molar-refractivity contribution in [3.05, 3.63) is 34.9 Å². The van der Waals surface area contributed by atoms with Gasteiger partial charge in [-0.1, -0.05) is 28.4 Å². The van der Waals surface area contributed by atoms with Crippen LogP contribution in [0.2, 0.25) is 0 Å². The number of halogens is 7. The number of alkyl halides is 7. The Morgan fingerprint density at radius 3 is 2.09 bits per heavy atom. The maximum Gasteiger partial charge on any atom is 0.417 e. The number of carbonyl (C=O) groups excluding carboxylic acids is 1. The van der Waals surface area contributed by atoms with Crippen LogP contribution in [0.25, 0.3) is 0 Å². The topological polar surface area (TPSA) is 17.1 Å². The molecule has 1 aromatic rings. The molecule has 0 aliphatic rings. The van der Waals surface area contributed by atoms with Gasteiger partial charge in [0.25, 0.3) is 0 Å². The maximum absolute atomic E-state index is 12.9. The fourth-order valence-corrected chi connectivity index (χ4v) is 2.29. The maximum atomic E-state index is 12.9. The zero-order chi connectivity index (χ0) is 17.0. The third kappa shape index (κ3) is 5.30. The number of hydrogen-bond donors (Lipinski definition) is 0. The molecule has 22 heavy (non-hydrogen) atoms. The molecule has 0 aliphatic heterocycles. The van der Waals surface area contributed by atoms with Crippen molar-refractivity contribution in [2.75, 3.05) is 5.33 Å². The van der Waals surface area contributed by atoms with Crippen LogP contribution < -0.4 is 0 Å². The highest BCUT2D eigenvalue weighted by Crippen LogP contribution is 2.37. The molecular weight excluding hydrogens is 378 g/mol. The van der Waals surface area contributed by atoms with Gasteiger partial charge in [-0.25, -0.2) is 0 Å². The van der Waals surface area contributed by atoms with Gasteiger partial charge in [0, 0.05) is 17.3 Å². The number of carbonyl (C=O) groups is 1. The normalized spacial score (nSPS) is 12.5. The molecule has 0 aromatic heterocycles. The molecule has 0 radical (unpaired) electrons. The van der Waals surface area contributed by atoms with E-state index in [-0.39, 0.29) is 12.5 Å². The number of unbranched alkanes of at least 4 members (excludes halogenated alkanes) is 2. The van der Waals surface area contributed by atoms with Crippen molar-refractivity contribution in [1.29, 1.82) is 0 Å². The molecule has 1 nitrogen and oxygen atoms in total. The SMILES string of the molecule is O=C(CCCCCBr)c1ccc(C(F)(F)F)cc1C(F)(F)F. The molecule has 1 aromatic carbocycles. The Kier molecular flexibility index (Phi) is 6.46. The summed E-state index contributed by atoms with van der Waals surface area (Å²) in [6.07, 6.45) is -8.21. The van der Waals surface area contributed by atoms with Gasteiger partial charge in [0.1, 0.15) is 0 Å². The summed E-state index contributed by atoms with van der Waals surface area (Å²) in [5.41, 5.74) is -3.66. The lowest BCUT2D eigenvalue weighted by Crippen LogP contribution is -2.16. The van der Waals surface area contributed by atoms with Crippen LogP contribution in [0.5, 0.6) is 0 Å². The highest BCUT2D eigenvalue weighted by Gasteiger charge is 2.39. The van der Waals surface area contributed by atoms with Crippen molar-refractivity contribution >= 4 is 21.7 Å². The summed E-state index contributed by atoms with van der Waals surface area (Å²) in [5, 5.41) is 0.718. The van der Waals surface area contributed by atoms with Crippen LogP contribution in [0, 0.1) is 0 Å². The van der Waals surface area contributed by atoms with E-state index < -0.39 is 34.8 Å². The molecule has 0 bridgehead atoms. The minimum Gasteiger partial charge on any atom is -0.294 e. The van der Waals surface area contributed by atoms with E-state index in [1.165, 1.54) is 0 Å². The Morgan fingerprint density at radius 2 is 1.59 bits per heavy atom. The van der Waals surface area contributed by atoms with Gasteiger partial charge in [0.2, 0.25) is 0 Å². The lowest BCUT2D eigenvalue weighted by atomic mass is 9.97. The highest BCUT2D eigenvalue weighted by molar-refractivity contribution is 9.09. The van der Waals surface area contributed by atoms with Gasteiger partial charge in [-0.3, -0.25) is 4.79 Å². The van der Waals surface area contributed by atoms with E-state index in [2.05, 4.69) is 15.9 Å². The molecule has 0 saturated heterocycles. The Balaban J connectivity index is 3.06. The summed E-state index contributed by atoms with van der Waals surface area (Å²) in [4.78, 5) is 11.8. The molecule has 1 rings (SSSR count). The van der Waals surface area contributed by atoms with E-state index in [0.29, 0.717) is 25.0 Å². The van der Waals surface area contributed by atoms with Crippen molar-refractivity contribution in [1.82, 2.24) is 0 Å². The number of benzene rings is 1. The van der Waals surface area contributed by atoms with Gasteiger partial charge < -0.3 is 0 Å². The Morgan fingerprint density at radius 1 is 0.955 bits per heavy atom. The first-order valence-electron chi connectivity index (χ1n) is 6.45. The number of rotatable bonds is 6. The lowest BCUT2D eigenvalue weighted by Gasteiger charge is -2.15. The van der Waals surface area contributed by atoms with Gasteiger partial charge >= 0.3 is 12.4 Å². The summed E-state index contributed by atoms with van der Waals surface area (Å²) < 4.78 is 76.2. The molecule has 0 saturated carbocycles. The molecule has 0 atom stereocenters. The minimum absolute atomic E-state index is 0.00822.